The fourth-order valence-corrected chi connectivity index (χ4v) is 10.4. The molecular formula is C39H49FN4O6. The average Bonchev–Trinajstić information content (AvgIpc) is 3.45. The van der Waals surface area contributed by atoms with Crippen molar-refractivity contribution in [3.8, 4) is 12.3 Å². The van der Waals surface area contributed by atoms with Gasteiger partial charge in [-0.15, -0.1) is 6.42 Å². The van der Waals surface area contributed by atoms with Crippen LogP contribution in [-0.2, 0) is 16.1 Å². The number of carbonyl (C=O) groups excluding carboxylic acids is 1. The minimum Gasteiger partial charge on any atom is -0.477 e. The number of anilines is 1. The normalized spacial score (nSPS) is 31.0. The highest BCUT2D eigenvalue weighted by Gasteiger charge is 2.65. The van der Waals surface area contributed by atoms with E-state index in [2.05, 4.69) is 29.4 Å². The van der Waals surface area contributed by atoms with Crippen LogP contribution in [0.5, 0.6) is 0 Å². The van der Waals surface area contributed by atoms with Crippen LogP contribution in [0.3, 0.4) is 0 Å². The van der Waals surface area contributed by atoms with E-state index in [0.29, 0.717) is 54.5 Å². The number of hydrogen-bond donors (Lipinski definition) is 3. The molecule has 5 aliphatic rings. The molecule has 1 saturated heterocycles. The minimum atomic E-state index is -1.30. The lowest BCUT2D eigenvalue weighted by Gasteiger charge is -2.56. The molecule has 0 radical (unpaired) electrons. The number of allylic oxidation sites excluding steroid dienone is 2. The third-order valence-corrected chi connectivity index (χ3v) is 12.6. The van der Waals surface area contributed by atoms with Crippen LogP contribution in [-0.4, -0.2) is 64.3 Å². The fourth-order valence-electron chi connectivity index (χ4n) is 10.4. The van der Waals surface area contributed by atoms with Gasteiger partial charge in [0.1, 0.15) is 11.4 Å². The molecule has 6 atom stereocenters. The molecule has 2 aromatic rings. The van der Waals surface area contributed by atoms with Gasteiger partial charge in [-0.1, -0.05) is 23.6 Å². The molecule has 268 valence electrons. The number of nitrogens with one attached hydrogen (secondary N) is 1. The standard InChI is InChI=1S/C23H31NO3.C16H18FN3O3/c1-4-22-12-10-19-18-9-7-17(24-26)14-16(18)6-8-20(19)21(22)11-13-23(22,5-2)27-15(3)25;1-2-19-9-11(16(22)23)15(21)10-7-12(17)14(8-13(10)19)20-5-3-18-4-6-20/h2,14,18-21,26H,4,6-13H2,1,3H3;7-9,18H,2-6H2,1H3,(H,22,23)/b24-17+;/t18-,19+,20+,21-,22-,23-;/m0./s1. The van der Waals surface area contributed by atoms with Gasteiger partial charge in [-0.2, -0.15) is 0 Å². The molecule has 3 N–H and O–H groups in total. The van der Waals surface area contributed by atoms with Gasteiger partial charge in [0.2, 0.25) is 5.43 Å². The Labute approximate surface area is 292 Å². The van der Waals surface area contributed by atoms with Gasteiger partial charge in [-0.25, -0.2) is 9.18 Å². The first kappa shape index (κ1) is 35.6. The van der Waals surface area contributed by atoms with Crippen LogP contribution < -0.4 is 15.6 Å². The lowest BCUT2D eigenvalue weighted by Crippen LogP contribution is -2.55. The molecule has 7 rings (SSSR count). The molecule has 3 saturated carbocycles. The SMILES string of the molecule is C#C[C@]1(OC(C)=O)CC[C@H]2[C@@H]3CCC4=C/C(=N/O)CC[C@@H]4[C@H]3CC[C@@]21CC.CCn1cc(C(=O)O)c(=O)c2cc(F)c(N3CCNCC3)cc21. The van der Waals surface area contributed by atoms with Crippen LogP contribution in [0.25, 0.3) is 10.9 Å². The van der Waals surface area contributed by atoms with E-state index in [1.807, 2.05) is 11.8 Å². The van der Waals surface area contributed by atoms with Crippen molar-refractivity contribution in [1.29, 1.82) is 0 Å². The highest BCUT2D eigenvalue weighted by Crippen LogP contribution is 2.67. The van der Waals surface area contributed by atoms with Gasteiger partial charge >= 0.3 is 11.9 Å². The molecule has 50 heavy (non-hydrogen) atoms. The first-order valence-electron chi connectivity index (χ1n) is 18.2. The van der Waals surface area contributed by atoms with Crippen LogP contribution in [0.15, 0.2) is 39.9 Å². The van der Waals surface area contributed by atoms with Crippen molar-refractivity contribution < 1.29 is 29.0 Å². The van der Waals surface area contributed by atoms with Gasteiger partial charge in [0, 0.05) is 56.6 Å². The van der Waals surface area contributed by atoms with Gasteiger partial charge < -0.3 is 29.8 Å². The average molecular weight is 689 g/mol. The predicted octanol–water partition coefficient (Wildman–Crippen LogP) is 5.98. The molecule has 10 nitrogen and oxygen atoms in total. The molecule has 11 heteroatoms. The maximum Gasteiger partial charge on any atom is 0.341 e. The summed E-state index contributed by atoms with van der Waals surface area (Å²) in [6, 6.07) is 2.81. The minimum absolute atomic E-state index is 0.0673. The number of benzene rings is 1. The van der Waals surface area contributed by atoms with Crippen LogP contribution in [0, 0.1) is 47.2 Å². The number of hydrogen-bond acceptors (Lipinski definition) is 8. The molecule has 1 aliphatic heterocycles. The van der Waals surface area contributed by atoms with Gasteiger partial charge in [-0.3, -0.25) is 9.59 Å². The molecule has 0 unspecified atom stereocenters. The number of terminal acetylenes is 1. The number of rotatable bonds is 5. The van der Waals surface area contributed by atoms with Crippen LogP contribution in [0.4, 0.5) is 10.1 Å². The van der Waals surface area contributed by atoms with Crippen molar-refractivity contribution in [3.63, 3.8) is 0 Å². The number of piperazine rings is 1. The monoisotopic (exact) mass is 688 g/mol. The highest BCUT2D eigenvalue weighted by atomic mass is 19.1. The summed E-state index contributed by atoms with van der Waals surface area (Å²) in [5, 5.41) is 25.0. The predicted molar refractivity (Wildman–Crippen MR) is 190 cm³/mol. The van der Waals surface area contributed by atoms with E-state index < -0.39 is 22.8 Å². The van der Waals surface area contributed by atoms with Crippen LogP contribution >= 0.6 is 0 Å². The topological polar surface area (TPSA) is 133 Å². The highest BCUT2D eigenvalue weighted by molar-refractivity contribution is 5.96. The van der Waals surface area contributed by atoms with E-state index in [9.17, 15) is 18.8 Å². The number of aromatic nitrogens is 1. The third kappa shape index (κ3) is 5.99. The Hall–Kier alpha value is -4.17. The van der Waals surface area contributed by atoms with Crippen molar-refractivity contribution in [2.24, 2.45) is 34.2 Å². The van der Waals surface area contributed by atoms with Crippen molar-refractivity contribution in [2.75, 3.05) is 31.1 Å². The van der Waals surface area contributed by atoms with E-state index >= 15 is 0 Å². The van der Waals surface area contributed by atoms with E-state index in [4.69, 9.17) is 21.5 Å². The second-order valence-corrected chi connectivity index (χ2v) is 14.6. The number of halogens is 1. The lowest BCUT2D eigenvalue weighted by molar-refractivity contribution is -0.170. The van der Waals surface area contributed by atoms with Gasteiger partial charge in [0.15, 0.2) is 5.60 Å². The Morgan fingerprint density at radius 3 is 2.52 bits per heavy atom. The zero-order valence-electron chi connectivity index (χ0n) is 29.3. The van der Waals surface area contributed by atoms with E-state index in [1.165, 1.54) is 25.1 Å². The molecular weight excluding hydrogens is 639 g/mol. The Balaban J connectivity index is 0.000000175. The summed E-state index contributed by atoms with van der Waals surface area (Å²) in [5.74, 6) is 3.45. The van der Waals surface area contributed by atoms with Gasteiger partial charge in [-0.05, 0) is 107 Å². The van der Waals surface area contributed by atoms with Crippen molar-refractivity contribution in [2.45, 2.75) is 90.7 Å². The maximum atomic E-state index is 14.5. The third-order valence-electron chi connectivity index (χ3n) is 12.6. The number of fused-ring (bicyclic) bond motifs is 6. The fraction of sp³-hybridized carbons (Fsp3) is 0.590. The van der Waals surface area contributed by atoms with Crippen molar-refractivity contribution in [1.82, 2.24) is 9.88 Å². The van der Waals surface area contributed by atoms with E-state index in [1.54, 1.807) is 10.6 Å². The zero-order valence-corrected chi connectivity index (χ0v) is 29.3. The summed E-state index contributed by atoms with van der Waals surface area (Å²) in [6.07, 6.45) is 18.8. The zero-order chi connectivity index (χ0) is 35.8. The summed E-state index contributed by atoms with van der Waals surface area (Å²) in [4.78, 5) is 37.3. The van der Waals surface area contributed by atoms with Crippen molar-refractivity contribution >= 4 is 34.2 Å². The number of carboxylic acid groups (broad SMARTS) is 1. The number of oxime groups is 1. The second-order valence-electron chi connectivity index (χ2n) is 14.6. The number of aromatic carboxylic acids is 1. The number of esters is 1. The first-order valence-corrected chi connectivity index (χ1v) is 18.2. The molecule has 0 bridgehead atoms. The number of ether oxygens (including phenoxy) is 1. The molecule has 0 amide bonds. The maximum absolute atomic E-state index is 14.5. The number of pyridine rings is 1. The smallest absolute Gasteiger partial charge is 0.341 e. The number of aryl methyl sites for hydroxylation is 1. The molecule has 0 spiro atoms. The summed E-state index contributed by atoms with van der Waals surface area (Å²) in [7, 11) is 0. The molecule has 4 aliphatic carbocycles. The Bertz CT molecular complexity index is 1820. The van der Waals surface area contributed by atoms with Crippen LogP contribution in [0.1, 0.15) is 88.9 Å². The lowest BCUT2D eigenvalue weighted by atomic mass is 9.49. The number of carboxylic acids is 1. The van der Waals surface area contributed by atoms with E-state index in [-0.39, 0.29) is 22.3 Å². The molecule has 2 heterocycles. The second kappa shape index (κ2) is 14.2. The molecule has 4 fully saturated rings. The Kier molecular flexibility index (Phi) is 10.1. The summed E-state index contributed by atoms with van der Waals surface area (Å²) in [5.41, 5.74) is 1.55. The van der Waals surface area contributed by atoms with Gasteiger partial charge in [0.05, 0.1) is 16.9 Å². The molecule has 1 aromatic carbocycles. The van der Waals surface area contributed by atoms with Gasteiger partial charge in [0.25, 0.3) is 0 Å². The largest absolute Gasteiger partial charge is 0.477 e. The number of nitrogens with zero attached hydrogens (tertiary/aromatic N) is 3. The van der Waals surface area contributed by atoms with Crippen LogP contribution in [0.2, 0.25) is 0 Å². The van der Waals surface area contributed by atoms with E-state index in [0.717, 1.165) is 76.2 Å². The number of carbonyl (C=O) groups is 2. The summed E-state index contributed by atoms with van der Waals surface area (Å²) >= 11 is 0. The quantitative estimate of drug-likeness (QED) is 0.151. The Morgan fingerprint density at radius 2 is 1.88 bits per heavy atom. The first-order chi connectivity index (χ1) is 24.0. The Morgan fingerprint density at radius 1 is 1.12 bits per heavy atom. The summed E-state index contributed by atoms with van der Waals surface area (Å²) in [6.45, 7) is 8.98. The molecule has 1 aromatic heterocycles. The summed E-state index contributed by atoms with van der Waals surface area (Å²) < 4.78 is 22.1. The van der Waals surface area contributed by atoms with Crippen molar-refractivity contribution in [3.05, 3.63) is 51.6 Å².